The topological polar surface area (TPSA) is 44.8 Å². The molecule has 0 amide bonds. The highest BCUT2D eigenvalue weighted by Crippen LogP contribution is 2.61. The predicted octanol–water partition coefficient (Wildman–Crippen LogP) is 3.78. The van der Waals surface area contributed by atoms with Crippen molar-refractivity contribution < 1.29 is 27.8 Å². The number of rotatable bonds is 7. The zero-order valence-electron chi connectivity index (χ0n) is 14.7. The maximum absolute atomic E-state index is 13.2. The Kier molecular flexibility index (Phi) is 4.91. The number of hydrogen-bond donors (Lipinski definition) is 0. The minimum Gasteiger partial charge on any atom is -0.457 e. The zero-order valence-corrected chi connectivity index (χ0v) is 14.7. The summed E-state index contributed by atoms with van der Waals surface area (Å²) in [4.78, 5) is 11.6. The molecule has 3 unspecified atom stereocenters. The summed E-state index contributed by atoms with van der Waals surface area (Å²) in [6.07, 6.45) is 4.30. The molecular weight excluding hydrogens is 318 g/mol. The van der Waals surface area contributed by atoms with Gasteiger partial charge in [-0.05, 0) is 69.1 Å². The number of hydrogen-bond acceptors (Lipinski definition) is 4. The Morgan fingerprint density at radius 1 is 1.21 bits per heavy atom. The number of ether oxygens (including phenoxy) is 3. The molecule has 0 heterocycles. The van der Waals surface area contributed by atoms with Crippen LogP contribution in [0.4, 0.5) is 8.78 Å². The van der Waals surface area contributed by atoms with Crippen molar-refractivity contribution in [2.24, 2.45) is 23.2 Å². The van der Waals surface area contributed by atoms with E-state index >= 15 is 0 Å². The molecule has 0 N–H and O–H groups in total. The molecule has 4 bridgehead atoms. The monoisotopic (exact) mass is 346 g/mol. The average Bonchev–Trinajstić information content (AvgIpc) is 2.47. The molecule has 4 fully saturated rings. The van der Waals surface area contributed by atoms with Crippen molar-refractivity contribution in [2.45, 2.75) is 71.2 Å². The van der Waals surface area contributed by atoms with Gasteiger partial charge in [0.2, 0.25) is 0 Å². The van der Waals surface area contributed by atoms with Crippen LogP contribution in [0, 0.1) is 23.2 Å². The molecule has 0 radical (unpaired) electrons. The highest BCUT2D eigenvalue weighted by Gasteiger charge is 2.57. The van der Waals surface area contributed by atoms with Crippen LogP contribution in [0.1, 0.15) is 52.9 Å². The van der Waals surface area contributed by atoms with Crippen LogP contribution in [-0.4, -0.2) is 37.5 Å². The van der Waals surface area contributed by atoms with Crippen molar-refractivity contribution in [1.82, 2.24) is 0 Å². The highest BCUT2D eigenvalue weighted by atomic mass is 19.3. The van der Waals surface area contributed by atoms with Crippen molar-refractivity contribution >= 4 is 5.97 Å². The van der Waals surface area contributed by atoms with Gasteiger partial charge in [-0.15, -0.1) is 0 Å². The molecule has 0 saturated heterocycles. The van der Waals surface area contributed by atoms with Crippen LogP contribution in [0.2, 0.25) is 0 Å². The summed E-state index contributed by atoms with van der Waals surface area (Å²) in [5, 5.41) is 0. The van der Waals surface area contributed by atoms with E-state index in [9.17, 15) is 13.6 Å². The van der Waals surface area contributed by atoms with Crippen LogP contribution in [-0.2, 0) is 19.0 Å². The molecule has 0 aromatic heterocycles. The Bertz CT molecular complexity index is 460. The van der Waals surface area contributed by atoms with Gasteiger partial charge in [0.05, 0.1) is 6.61 Å². The summed E-state index contributed by atoms with van der Waals surface area (Å²) in [7, 11) is 0. The maximum Gasteiger partial charge on any atom is 0.376 e. The van der Waals surface area contributed by atoms with Gasteiger partial charge in [0.25, 0.3) is 0 Å². The largest absolute Gasteiger partial charge is 0.457 e. The van der Waals surface area contributed by atoms with E-state index in [1.165, 1.54) is 0 Å². The van der Waals surface area contributed by atoms with E-state index in [4.69, 9.17) is 14.2 Å². The summed E-state index contributed by atoms with van der Waals surface area (Å²) >= 11 is 0. The van der Waals surface area contributed by atoms with Crippen LogP contribution < -0.4 is 0 Å². The maximum atomic E-state index is 13.2. The molecule has 4 aliphatic rings. The van der Waals surface area contributed by atoms with Crippen LogP contribution in [0.25, 0.3) is 0 Å². The second kappa shape index (κ2) is 6.52. The van der Waals surface area contributed by atoms with E-state index < -0.39 is 11.9 Å². The molecule has 0 spiro atoms. The molecule has 0 aromatic carbocycles. The van der Waals surface area contributed by atoms with Crippen LogP contribution in [0.5, 0.6) is 0 Å². The molecule has 0 aliphatic heterocycles. The Morgan fingerprint density at radius 2 is 1.83 bits per heavy atom. The Balaban J connectivity index is 1.63. The molecule has 4 aliphatic carbocycles. The highest BCUT2D eigenvalue weighted by molar-refractivity contribution is 5.77. The van der Waals surface area contributed by atoms with E-state index in [0.717, 1.165) is 32.1 Å². The molecule has 4 saturated carbocycles. The lowest BCUT2D eigenvalue weighted by Crippen LogP contribution is -2.56. The number of carbonyl (C=O) groups excluding carboxylic acids is 1. The standard InChI is InChI=1S/C18H28F2O4/c1-4-22-11(2)23-10-18-7-12-5-13(8-18)15(14(6-12)9-18)24-16(21)17(3,19)20/h11-15H,4-10H2,1-3H3. The second-order valence-corrected chi connectivity index (χ2v) is 8.06. The first-order valence-corrected chi connectivity index (χ1v) is 9.04. The number of alkyl halides is 2. The van der Waals surface area contributed by atoms with Crippen molar-refractivity contribution in [3.05, 3.63) is 0 Å². The average molecular weight is 346 g/mol. The summed E-state index contributed by atoms with van der Waals surface area (Å²) in [6, 6.07) is 0. The second-order valence-electron chi connectivity index (χ2n) is 8.06. The SMILES string of the molecule is CCOC(C)OCC12CC3CC(C1)C(OC(=O)C(C)(F)F)C(C3)C2. The van der Waals surface area contributed by atoms with Gasteiger partial charge in [-0.25, -0.2) is 4.79 Å². The van der Waals surface area contributed by atoms with Gasteiger partial charge >= 0.3 is 11.9 Å². The normalized spacial score (nSPS) is 39.0. The smallest absolute Gasteiger partial charge is 0.376 e. The first-order chi connectivity index (χ1) is 11.2. The van der Waals surface area contributed by atoms with Gasteiger partial charge in [0.15, 0.2) is 6.29 Å². The Labute approximate surface area is 142 Å². The fraction of sp³-hybridized carbons (Fsp3) is 0.944. The lowest BCUT2D eigenvalue weighted by Gasteiger charge is -2.59. The van der Waals surface area contributed by atoms with Crippen LogP contribution in [0.3, 0.4) is 0 Å². The van der Waals surface area contributed by atoms with Crippen molar-refractivity contribution in [2.75, 3.05) is 13.2 Å². The molecular formula is C18H28F2O4. The van der Waals surface area contributed by atoms with E-state index in [0.29, 0.717) is 26.1 Å². The first-order valence-electron chi connectivity index (χ1n) is 9.04. The summed E-state index contributed by atoms with van der Waals surface area (Å²) in [5.41, 5.74) is 0.0967. The van der Waals surface area contributed by atoms with Crippen LogP contribution in [0.15, 0.2) is 0 Å². The van der Waals surface area contributed by atoms with Crippen molar-refractivity contribution in [1.29, 1.82) is 0 Å². The Morgan fingerprint density at radius 3 is 2.38 bits per heavy atom. The van der Waals surface area contributed by atoms with Gasteiger partial charge in [-0.1, -0.05) is 0 Å². The van der Waals surface area contributed by atoms with Crippen molar-refractivity contribution in [3.8, 4) is 0 Å². The lowest BCUT2D eigenvalue weighted by atomic mass is 9.49. The molecule has 3 atom stereocenters. The van der Waals surface area contributed by atoms with Gasteiger partial charge in [0.1, 0.15) is 6.10 Å². The van der Waals surface area contributed by atoms with E-state index in [-0.39, 0.29) is 29.6 Å². The fourth-order valence-corrected chi connectivity index (χ4v) is 5.32. The number of esters is 1. The van der Waals surface area contributed by atoms with Crippen LogP contribution >= 0.6 is 0 Å². The molecule has 24 heavy (non-hydrogen) atoms. The van der Waals surface area contributed by atoms with Gasteiger partial charge in [-0.2, -0.15) is 8.78 Å². The number of halogens is 2. The quantitative estimate of drug-likeness (QED) is 0.520. The summed E-state index contributed by atoms with van der Waals surface area (Å²) < 4.78 is 42.9. The molecule has 4 nitrogen and oxygen atoms in total. The minimum atomic E-state index is -3.41. The Hall–Kier alpha value is -0.750. The van der Waals surface area contributed by atoms with Gasteiger partial charge < -0.3 is 14.2 Å². The first kappa shape index (κ1) is 18.1. The molecule has 6 heteroatoms. The summed E-state index contributed by atoms with van der Waals surface area (Å²) in [6.45, 7) is 5.70. The minimum absolute atomic E-state index is 0.0967. The fourth-order valence-electron chi connectivity index (χ4n) is 5.32. The third-order valence-corrected chi connectivity index (χ3v) is 5.94. The third-order valence-electron chi connectivity index (χ3n) is 5.94. The lowest BCUT2D eigenvalue weighted by molar-refractivity contribution is -0.216. The number of carbonyl (C=O) groups is 1. The van der Waals surface area contributed by atoms with Crippen molar-refractivity contribution in [3.63, 3.8) is 0 Å². The third kappa shape index (κ3) is 3.59. The predicted molar refractivity (Wildman–Crippen MR) is 83.5 cm³/mol. The van der Waals surface area contributed by atoms with E-state index in [1.807, 2.05) is 13.8 Å². The summed E-state index contributed by atoms with van der Waals surface area (Å²) in [5.74, 6) is -3.81. The molecule has 0 aromatic rings. The molecule has 4 rings (SSSR count). The van der Waals surface area contributed by atoms with Gasteiger partial charge in [-0.3, -0.25) is 0 Å². The molecule has 138 valence electrons. The van der Waals surface area contributed by atoms with Gasteiger partial charge in [0, 0.05) is 13.5 Å². The van der Waals surface area contributed by atoms with E-state index in [1.54, 1.807) is 0 Å². The zero-order chi connectivity index (χ0) is 17.5. The van der Waals surface area contributed by atoms with E-state index in [2.05, 4.69) is 0 Å².